The van der Waals surface area contributed by atoms with Crippen molar-refractivity contribution in [1.82, 2.24) is 9.97 Å². The molecule has 2 aromatic heterocycles. The second-order valence-corrected chi connectivity index (χ2v) is 8.30. The molecule has 0 saturated carbocycles. The number of nitrogens with zero attached hydrogens (tertiary/aromatic N) is 2. The fourth-order valence-corrected chi connectivity index (χ4v) is 4.56. The molecule has 0 aliphatic carbocycles. The van der Waals surface area contributed by atoms with Crippen molar-refractivity contribution in [1.29, 1.82) is 0 Å². The molecule has 168 valence electrons. The molecule has 0 radical (unpaired) electrons. The number of anilines is 2. The van der Waals surface area contributed by atoms with Crippen molar-refractivity contribution in [2.75, 3.05) is 11.1 Å². The standard InChI is InChI=1S/C24H19F3N4OS/c1-2-18-20(21-22(28)29-13-30-23(21)33-18)15-7-9-17(10-8-15)31-19(32)11-6-14-4-3-5-16(12-14)24(25,26)27/h3-13H,2H2,1H3,(H,31,32)(H2,28,29,30). The first-order valence-corrected chi connectivity index (χ1v) is 10.9. The molecule has 0 aliphatic rings. The van der Waals surface area contributed by atoms with Crippen LogP contribution in [0.5, 0.6) is 0 Å². The number of thiophene rings is 1. The van der Waals surface area contributed by atoms with Crippen molar-refractivity contribution >= 4 is 45.0 Å². The number of alkyl halides is 3. The summed E-state index contributed by atoms with van der Waals surface area (Å²) in [5.41, 5.74) is 8.09. The maximum absolute atomic E-state index is 12.8. The van der Waals surface area contributed by atoms with E-state index in [1.54, 1.807) is 23.5 Å². The Morgan fingerprint density at radius 2 is 1.91 bits per heavy atom. The van der Waals surface area contributed by atoms with E-state index >= 15 is 0 Å². The summed E-state index contributed by atoms with van der Waals surface area (Å²) in [5.74, 6) is -0.0314. The number of nitrogen functional groups attached to an aromatic ring is 1. The van der Waals surface area contributed by atoms with Gasteiger partial charge in [-0.05, 0) is 47.9 Å². The molecule has 2 aromatic carbocycles. The van der Waals surface area contributed by atoms with Crippen LogP contribution in [0, 0.1) is 0 Å². The highest BCUT2D eigenvalue weighted by molar-refractivity contribution is 7.19. The summed E-state index contributed by atoms with van der Waals surface area (Å²) in [6, 6.07) is 12.0. The number of carbonyl (C=O) groups is 1. The molecule has 0 spiro atoms. The summed E-state index contributed by atoms with van der Waals surface area (Å²) in [7, 11) is 0. The number of amides is 1. The van der Waals surface area contributed by atoms with Gasteiger partial charge in [-0.2, -0.15) is 13.2 Å². The molecule has 0 fully saturated rings. The Morgan fingerprint density at radius 1 is 1.15 bits per heavy atom. The average molecular weight is 469 g/mol. The van der Waals surface area contributed by atoms with Crippen LogP contribution in [0.15, 0.2) is 60.9 Å². The number of aromatic nitrogens is 2. The molecule has 0 aliphatic heterocycles. The van der Waals surface area contributed by atoms with E-state index in [-0.39, 0.29) is 5.56 Å². The zero-order chi connectivity index (χ0) is 23.6. The van der Waals surface area contributed by atoms with Gasteiger partial charge in [0, 0.05) is 22.2 Å². The van der Waals surface area contributed by atoms with Gasteiger partial charge in [0.15, 0.2) is 0 Å². The van der Waals surface area contributed by atoms with E-state index < -0.39 is 17.6 Å². The maximum Gasteiger partial charge on any atom is 0.416 e. The third-order valence-corrected chi connectivity index (χ3v) is 6.24. The largest absolute Gasteiger partial charge is 0.416 e. The molecule has 0 atom stereocenters. The van der Waals surface area contributed by atoms with Gasteiger partial charge in [0.2, 0.25) is 5.91 Å². The number of aryl methyl sites for hydroxylation is 1. The van der Waals surface area contributed by atoms with Gasteiger partial charge in [0.05, 0.1) is 10.9 Å². The van der Waals surface area contributed by atoms with E-state index in [1.165, 1.54) is 30.6 Å². The first kappa shape index (κ1) is 22.5. The quantitative estimate of drug-likeness (QED) is 0.343. The zero-order valence-corrected chi connectivity index (χ0v) is 18.3. The Kier molecular flexibility index (Phi) is 6.15. The minimum Gasteiger partial charge on any atom is -0.383 e. The molecule has 0 bridgehead atoms. The van der Waals surface area contributed by atoms with Crippen LogP contribution in [-0.2, 0) is 17.4 Å². The number of carbonyl (C=O) groups excluding carboxylic acids is 1. The summed E-state index contributed by atoms with van der Waals surface area (Å²) in [4.78, 5) is 22.6. The van der Waals surface area contributed by atoms with Gasteiger partial charge in [-0.3, -0.25) is 4.79 Å². The highest BCUT2D eigenvalue weighted by Crippen LogP contribution is 2.40. The molecule has 4 aromatic rings. The minimum absolute atomic E-state index is 0.284. The molecule has 3 N–H and O–H groups in total. The van der Waals surface area contributed by atoms with E-state index in [1.807, 2.05) is 12.1 Å². The van der Waals surface area contributed by atoms with Gasteiger partial charge in [0.25, 0.3) is 0 Å². The summed E-state index contributed by atoms with van der Waals surface area (Å²) in [5, 5.41) is 3.53. The van der Waals surface area contributed by atoms with Gasteiger partial charge in [0.1, 0.15) is 17.0 Å². The zero-order valence-electron chi connectivity index (χ0n) is 17.5. The van der Waals surface area contributed by atoms with Crippen LogP contribution in [-0.4, -0.2) is 15.9 Å². The molecule has 2 heterocycles. The number of nitrogens with two attached hydrogens (primary N) is 1. The lowest BCUT2D eigenvalue weighted by Crippen LogP contribution is -2.07. The van der Waals surface area contributed by atoms with Gasteiger partial charge < -0.3 is 11.1 Å². The van der Waals surface area contributed by atoms with E-state index in [0.29, 0.717) is 11.5 Å². The SMILES string of the molecule is CCc1sc2ncnc(N)c2c1-c1ccc(NC(=O)C=Cc2cccc(C(F)(F)F)c2)cc1. The maximum atomic E-state index is 12.8. The van der Waals surface area contributed by atoms with Crippen molar-refractivity contribution in [3.05, 3.63) is 76.9 Å². The van der Waals surface area contributed by atoms with Crippen molar-refractivity contribution in [3.63, 3.8) is 0 Å². The highest BCUT2D eigenvalue weighted by atomic mass is 32.1. The van der Waals surface area contributed by atoms with Crippen molar-refractivity contribution in [2.24, 2.45) is 0 Å². The van der Waals surface area contributed by atoms with E-state index in [2.05, 4.69) is 22.2 Å². The van der Waals surface area contributed by atoms with E-state index in [4.69, 9.17) is 5.73 Å². The normalized spacial score (nSPS) is 11.9. The second-order valence-electron chi connectivity index (χ2n) is 7.22. The predicted octanol–water partition coefficient (Wildman–Crippen LogP) is 6.17. The van der Waals surface area contributed by atoms with E-state index in [0.717, 1.165) is 44.8 Å². The molecule has 5 nitrogen and oxygen atoms in total. The van der Waals surface area contributed by atoms with Crippen LogP contribution in [0.2, 0.25) is 0 Å². The topological polar surface area (TPSA) is 80.9 Å². The first-order chi connectivity index (χ1) is 15.8. The van der Waals surface area contributed by atoms with Crippen molar-refractivity contribution < 1.29 is 18.0 Å². The number of halogens is 3. The molecule has 1 amide bonds. The lowest BCUT2D eigenvalue weighted by Gasteiger charge is -2.08. The van der Waals surface area contributed by atoms with Crippen LogP contribution in [0.3, 0.4) is 0 Å². The van der Waals surface area contributed by atoms with Crippen molar-refractivity contribution in [3.8, 4) is 11.1 Å². The smallest absolute Gasteiger partial charge is 0.383 e. The lowest BCUT2D eigenvalue weighted by atomic mass is 10.0. The monoisotopic (exact) mass is 468 g/mol. The number of rotatable bonds is 5. The summed E-state index contributed by atoms with van der Waals surface area (Å²) in [6.45, 7) is 2.06. The summed E-state index contributed by atoms with van der Waals surface area (Å²) < 4.78 is 38.5. The first-order valence-electron chi connectivity index (χ1n) is 10.0. The summed E-state index contributed by atoms with van der Waals surface area (Å²) >= 11 is 1.57. The average Bonchev–Trinajstić information content (AvgIpc) is 3.18. The second kappa shape index (κ2) is 9.03. The Balaban J connectivity index is 1.52. The van der Waals surface area contributed by atoms with Gasteiger partial charge in [-0.1, -0.05) is 31.2 Å². The highest BCUT2D eigenvalue weighted by Gasteiger charge is 2.30. The Bertz CT molecular complexity index is 1340. The molecule has 0 unspecified atom stereocenters. The van der Waals surface area contributed by atoms with Crippen LogP contribution in [0.1, 0.15) is 22.9 Å². The van der Waals surface area contributed by atoms with Crippen LogP contribution < -0.4 is 11.1 Å². The minimum atomic E-state index is -4.43. The molecule has 9 heteroatoms. The Morgan fingerprint density at radius 3 is 2.61 bits per heavy atom. The molecule has 4 rings (SSSR count). The molecule has 0 saturated heterocycles. The van der Waals surface area contributed by atoms with E-state index in [9.17, 15) is 18.0 Å². The lowest BCUT2D eigenvalue weighted by molar-refractivity contribution is -0.137. The number of hydrogen-bond donors (Lipinski definition) is 2. The van der Waals surface area contributed by atoms with Crippen molar-refractivity contribution in [2.45, 2.75) is 19.5 Å². The molecular formula is C24H19F3N4OS. The fourth-order valence-electron chi connectivity index (χ4n) is 3.45. The fraction of sp³-hybridized carbons (Fsp3) is 0.125. The van der Waals surface area contributed by atoms with Crippen LogP contribution in [0.25, 0.3) is 27.4 Å². The predicted molar refractivity (Wildman–Crippen MR) is 126 cm³/mol. The number of nitrogens with one attached hydrogen (secondary N) is 1. The van der Waals surface area contributed by atoms with Gasteiger partial charge in [-0.15, -0.1) is 11.3 Å². The molecular weight excluding hydrogens is 449 g/mol. The van der Waals surface area contributed by atoms with Gasteiger partial charge in [-0.25, -0.2) is 9.97 Å². The third-order valence-electron chi connectivity index (χ3n) is 4.99. The van der Waals surface area contributed by atoms with Crippen LogP contribution in [0.4, 0.5) is 24.7 Å². The summed E-state index contributed by atoms with van der Waals surface area (Å²) in [6.07, 6.45) is 0.364. The Labute approximate surface area is 191 Å². The number of hydrogen-bond acceptors (Lipinski definition) is 5. The third kappa shape index (κ3) is 4.88. The Hall–Kier alpha value is -3.72. The number of benzene rings is 2. The van der Waals surface area contributed by atoms with Crippen LogP contribution >= 0.6 is 11.3 Å². The van der Waals surface area contributed by atoms with Gasteiger partial charge >= 0.3 is 6.18 Å². The molecule has 33 heavy (non-hydrogen) atoms. The number of fused-ring (bicyclic) bond motifs is 1.